The molecule has 0 spiro atoms. The highest BCUT2D eigenvalue weighted by Crippen LogP contribution is 2.33. The van der Waals surface area contributed by atoms with E-state index in [1.54, 1.807) is 6.92 Å². The fraction of sp³-hybridized carbons (Fsp3) is 0.500. The van der Waals surface area contributed by atoms with Gasteiger partial charge in [0.1, 0.15) is 21.9 Å². The summed E-state index contributed by atoms with van der Waals surface area (Å²) in [5, 5.41) is 4.28. The Kier molecular flexibility index (Phi) is 4.54. The third-order valence-electron chi connectivity index (χ3n) is 3.18. The number of fused-ring (bicyclic) bond motifs is 1. The van der Waals surface area contributed by atoms with Gasteiger partial charge in [0.15, 0.2) is 0 Å². The molecule has 2 heterocycles. The van der Waals surface area contributed by atoms with Crippen LogP contribution in [0.2, 0.25) is 0 Å². The van der Waals surface area contributed by atoms with Gasteiger partial charge in [-0.05, 0) is 32.8 Å². The lowest BCUT2D eigenvalue weighted by atomic mass is 10.2. The number of hydrogen-bond acceptors (Lipinski definition) is 6. The normalized spacial score (nSPS) is 12.4. The molecule has 6 heteroatoms. The summed E-state index contributed by atoms with van der Waals surface area (Å²) in [7, 11) is 0. The van der Waals surface area contributed by atoms with Gasteiger partial charge in [-0.3, -0.25) is 0 Å². The van der Waals surface area contributed by atoms with E-state index in [1.807, 2.05) is 6.92 Å². The van der Waals surface area contributed by atoms with Gasteiger partial charge in [0.2, 0.25) is 0 Å². The molecule has 1 N–H and O–H groups in total. The van der Waals surface area contributed by atoms with Crippen molar-refractivity contribution in [3.8, 4) is 0 Å². The summed E-state index contributed by atoms with van der Waals surface area (Å²) in [6, 6.07) is 0.318. The number of anilines is 1. The molecule has 20 heavy (non-hydrogen) atoms. The van der Waals surface area contributed by atoms with Crippen molar-refractivity contribution >= 4 is 33.3 Å². The topological polar surface area (TPSA) is 64.1 Å². The van der Waals surface area contributed by atoms with E-state index in [2.05, 4.69) is 29.1 Å². The van der Waals surface area contributed by atoms with Crippen LogP contribution in [0.3, 0.4) is 0 Å². The van der Waals surface area contributed by atoms with Crippen molar-refractivity contribution in [2.45, 2.75) is 40.2 Å². The Morgan fingerprint density at radius 3 is 2.85 bits per heavy atom. The molecule has 0 bridgehead atoms. The van der Waals surface area contributed by atoms with Gasteiger partial charge in [0, 0.05) is 6.04 Å². The first-order chi connectivity index (χ1) is 9.58. The fourth-order valence-electron chi connectivity index (χ4n) is 1.91. The number of thiophene rings is 1. The Morgan fingerprint density at radius 1 is 1.45 bits per heavy atom. The second-order valence-corrected chi connectivity index (χ2v) is 5.63. The number of rotatable bonds is 5. The molecule has 1 unspecified atom stereocenters. The van der Waals surface area contributed by atoms with Crippen LogP contribution in [-0.2, 0) is 4.74 Å². The maximum atomic E-state index is 11.9. The molecule has 2 aromatic rings. The summed E-state index contributed by atoms with van der Waals surface area (Å²) in [5.74, 6) is 0.496. The molecule has 108 valence electrons. The maximum absolute atomic E-state index is 11.9. The summed E-state index contributed by atoms with van der Waals surface area (Å²) in [6.07, 6.45) is 2.53. The van der Waals surface area contributed by atoms with E-state index < -0.39 is 0 Å². The second kappa shape index (κ2) is 6.17. The molecule has 0 saturated heterocycles. The van der Waals surface area contributed by atoms with Gasteiger partial charge < -0.3 is 10.1 Å². The Bertz CT molecular complexity index is 624. The van der Waals surface area contributed by atoms with Crippen LogP contribution in [0, 0.1) is 6.92 Å². The first kappa shape index (κ1) is 14.7. The second-order valence-electron chi connectivity index (χ2n) is 4.63. The molecule has 1 atom stereocenters. The smallest absolute Gasteiger partial charge is 0.348 e. The average molecular weight is 293 g/mol. The van der Waals surface area contributed by atoms with Crippen LogP contribution >= 0.6 is 11.3 Å². The van der Waals surface area contributed by atoms with E-state index in [-0.39, 0.29) is 5.97 Å². The molecule has 0 fully saturated rings. The molecule has 0 radical (unpaired) electrons. The van der Waals surface area contributed by atoms with Crippen LogP contribution in [0.5, 0.6) is 0 Å². The first-order valence-corrected chi connectivity index (χ1v) is 7.57. The summed E-state index contributed by atoms with van der Waals surface area (Å²) in [6.45, 7) is 8.30. The third kappa shape index (κ3) is 2.75. The van der Waals surface area contributed by atoms with Crippen molar-refractivity contribution in [2.24, 2.45) is 0 Å². The minimum Gasteiger partial charge on any atom is -0.462 e. The Balaban J connectivity index is 2.49. The Labute approximate surface area is 122 Å². The van der Waals surface area contributed by atoms with Gasteiger partial charge in [-0.1, -0.05) is 6.92 Å². The van der Waals surface area contributed by atoms with Crippen LogP contribution in [0.25, 0.3) is 10.2 Å². The molecule has 0 aliphatic heterocycles. The summed E-state index contributed by atoms with van der Waals surface area (Å²) in [4.78, 5) is 21.9. The lowest BCUT2D eigenvalue weighted by Crippen LogP contribution is -2.14. The summed E-state index contributed by atoms with van der Waals surface area (Å²) in [5.41, 5.74) is 0.884. The van der Waals surface area contributed by atoms with Crippen molar-refractivity contribution in [2.75, 3.05) is 11.9 Å². The van der Waals surface area contributed by atoms with Gasteiger partial charge in [0.25, 0.3) is 0 Å². The zero-order valence-electron chi connectivity index (χ0n) is 12.2. The van der Waals surface area contributed by atoms with Crippen molar-refractivity contribution in [3.05, 3.63) is 16.8 Å². The fourth-order valence-corrected chi connectivity index (χ4v) is 2.95. The minimum absolute atomic E-state index is 0.289. The zero-order valence-corrected chi connectivity index (χ0v) is 13.0. The van der Waals surface area contributed by atoms with Gasteiger partial charge in [-0.2, -0.15) is 0 Å². The van der Waals surface area contributed by atoms with E-state index in [9.17, 15) is 4.79 Å². The lowest BCUT2D eigenvalue weighted by molar-refractivity contribution is 0.0531. The SMILES string of the molecule is CCOC(=O)c1sc2ncnc(NC(C)CC)c2c1C. The molecule has 0 aliphatic carbocycles. The van der Waals surface area contributed by atoms with E-state index in [0.717, 1.165) is 28.0 Å². The van der Waals surface area contributed by atoms with Crippen molar-refractivity contribution < 1.29 is 9.53 Å². The quantitative estimate of drug-likeness (QED) is 0.856. The maximum Gasteiger partial charge on any atom is 0.348 e. The average Bonchev–Trinajstić information content (AvgIpc) is 2.77. The Morgan fingerprint density at radius 2 is 2.20 bits per heavy atom. The minimum atomic E-state index is -0.289. The first-order valence-electron chi connectivity index (χ1n) is 6.76. The third-order valence-corrected chi connectivity index (χ3v) is 4.36. The zero-order chi connectivity index (χ0) is 14.7. The molecule has 0 aliphatic rings. The summed E-state index contributed by atoms with van der Waals surface area (Å²) >= 11 is 1.36. The van der Waals surface area contributed by atoms with E-state index in [1.165, 1.54) is 17.7 Å². The molecular formula is C14H19N3O2S. The molecule has 0 saturated carbocycles. The number of carbonyl (C=O) groups excluding carboxylic acids is 1. The number of carbonyl (C=O) groups is 1. The predicted octanol–water partition coefficient (Wildman–Crippen LogP) is 3.39. The van der Waals surface area contributed by atoms with Crippen LogP contribution in [-0.4, -0.2) is 28.6 Å². The van der Waals surface area contributed by atoms with E-state index >= 15 is 0 Å². The standard InChI is InChI=1S/C14H19N3O2S/c1-5-8(3)17-12-10-9(4)11(14(18)19-6-2)20-13(10)16-7-15-12/h7-8H,5-6H2,1-4H3,(H,15,16,17). The van der Waals surface area contributed by atoms with Crippen molar-refractivity contribution in [3.63, 3.8) is 0 Å². The molecule has 2 aromatic heterocycles. The number of ether oxygens (including phenoxy) is 1. The van der Waals surface area contributed by atoms with Crippen LogP contribution in [0.4, 0.5) is 5.82 Å². The monoisotopic (exact) mass is 293 g/mol. The lowest BCUT2D eigenvalue weighted by Gasteiger charge is -2.12. The Hall–Kier alpha value is -1.69. The highest BCUT2D eigenvalue weighted by molar-refractivity contribution is 7.20. The van der Waals surface area contributed by atoms with E-state index in [4.69, 9.17) is 4.74 Å². The van der Waals surface area contributed by atoms with Crippen LogP contribution in [0.1, 0.15) is 42.4 Å². The largest absolute Gasteiger partial charge is 0.462 e. The van der Waals surface area contributed by atoms with E-state index in [0.29, 0.717) is 17.5 Å². The molecule has 5 nitrogen and oxygen atoms in total. The molecule has 0 aromatic carbocycles. The number of aryl methyl sites for hydroxylation is 1. The highest BCUT2D eigenvalue weighted by atomic mass is 32.1. The molecular weight excluding hydrogens is 274 g/mol. The van der Waals surface area contributed by atoms with Gasteiger partial charge in [0.05, 0.1) is 12.0 Å². The molecule has 0 amide bonds. The number of nitrogens with one attached hydrogen (secondary N) is 1. The van der Waals surface area contributed by atoms with Crippen LogP contribution < -0.4 is 5.32 Å². The van der Waals surface area contributed by atoms with Gasteiger partial charge >= 0.3 is 5.97 Å². The predicted molar refractivity (Wildman–Crippen MR) is 81.5 cm³/mol. The number of esters is 1. The number of hydrogen-bond donors (Lipinski definition) is 1. The van der Waals surface area contributed by atoms with Crippen molar-refractivity contribution in [1.82, 2.24) is 9.97 Å². The van der Waals surface area contributed by atoms with Crippen molar-refractivity contribution in [1.29, 1.82) is 0 Å². The summed E-state index contributed by atoms with van der Waals surface area (Å²) < 4.78 is 5.08. The van der Waals surface area contributed by atoms with Crippen LogP contribution in [0.15, 0.2) is 6.33 Å². The molecule has 2 rings (SSSR count). The van der Waals surface area contributed by atoms with Gasteiger partial charge in [-0.15, -0.1) is 11.3 Å². The number of aromatic nitrogens is 2. The number of nitrogens with zero attached hydrogens (tertiary/aromatic N) is 2. The highest BCUT2D eigenvalue weighted by Gasteiger charge is 2.20. The van der Waals surface area contributed by atoms with Gasteiger partial charge in [-0.25, -0.2) is 14.8 Å².